The van der Waals surface area contributed by atoms with Gasteiger partial charge in [-0.2, -0.15) is 0 Å². The Bertz CT molecular complexity index is 3090. The molecule has 0 fully saturated rings. The second kappa shape index (κ2) is 16.4. The summed E-state index contributed by atoms with van der Waals surface area (Å²) in [5, 5.41) is 1.32. The zero-order valence-electron chi connectivity index (χ0n) is 34.9. The van der Waals surface area contributed by atoms with Crippen molar-refractivity contribution in [3.8, 4) is 27.9 Å². The Balaban J connectivity index is 1.07. The molecule has 0 N–H and O–H groups in total. The van der Waals surface area contributed by atoms with Gasteiger partial charge < -0.3 is 9.47 Å². The third-order valence-corrected chi connectivity index (χ3v) is 12.7. The lowest BCUT2D eigenvalue weighted by atomic mass is 9.65. The molecule has 0 saturated heterocycles. The summed E-state index contributed by atoms with van der Waals surface area (Å²) in [4.78, 5) is 2.39. The Morgan fingerprint density at radius 1 is 0.444 bits per heavy atom. The standard InChI is InChI=1S/C61H44N2/c1-5-20-45(21-6-1)46-36-40-52(41-37-46)62(54-29-19-28-51(44-54)61(48-22-7-2-8-23-48,49-24-9-3-10-25-49)50-26-11-4-12-27-50)53-42-38-47(39-43-53)55-30-13-16-33-58(55)63-59-34-17-14-31-56(59)57-32-15-18-35-60(57)63/h1-12,14,17-31,33-44H,15,32H2. The van der Waals surface area contributed by atoms with Gasteiger partial charge in [0.05, 0.1) is 16.6 Å². The highest BCUT2D eigenvalue weighted by atomic mass is 15.1. The summed E-state index contributed by atoms with van der Waals surface area (Å²) in [7, 11) is 0. The average Bonchev–Trinajstić information content (AvgIpc) is 3.70. The first-order valence-electron chi connectivity index (χ1n) is 21.8. The number of aryl methyl sites for hydroxylation is 1. The monoisotopic (exact) mass is 804 g/mol. The second-order valence-electron chi connectivity index (χ2n) is 16.2. The molecule has 10 aromatic rings. The summed E-state index contributed by atoms with van der Waals surface area (Å²) in [5.41, 5.74) is 17.0. The number of hydrogen-bond acceptors (Lipinski definition) is 1. The largest absolute Gasteiger partial charge is 0.310 e. The molecule has 63 heavy (non-hydrogen) atoms. The minimum atomic E-state index is -0.583. The van der Waals surface area contributed by atoms with Gasteiger partial charge in [-0.1, -0.05) is 194 Å². The van der Waals surface area contributed by atoms with Gasteiger partial charge >= 0.3 is 0 Å². The molecule has 0 unspecified atom stereocenters. The Morgan fingerprint density at radius 3 is 1.60 bits per heavy atom. The summed E-state index contributed by atoms with van der Waals surface area (Å²) >= 11 is 0. The molecule has 1 aliphatic carbocycles. The summed E-state index contributed by atoms with van der Waals surface area (Å²) in [6.45, 7) is 0. The highest BCUT2D eigenvalue weighted by molar-refractivity contribution is 5.92. The van der Waals surface area contributed by atoms with Crippen LogP contribution in [0.25, 0.3) is 44.9 Å². The molecule has 2 heteroatoms. The van der Waals surface area contributed by atoms with Crippen LogP contribution in [0.3, 0.4) is 0 Å². The molecule has 1 heterocycles. The predicted octanol–water partition coefficient (Wildman–Crippen LogP) is 15.4. The van der Waals surface area contributed by atoms with Gasteiger partial charge in [-0.3, -0.25) is 0 Å². The molecule has 2 nitrogen and oxygen atoms in total. The van der Waals surface area contributed by atoms with Gasteiger partial charge in [0.15, 0.2) is 0 Å². The number of para-hydroxylation sites is 1. The van der Waals surface area contributed by atoms with E-state index in [0.29, 0.717) is 0 Å². The molecule has 9 aromatic carbocycles. The molecule has 0 radical (unpaired) electrons. The topological polar surface area (TPSA) is 8.17 Å². The summed E-state index contributed by atoms with van der Waals surface area (Å²) in [5.74, 6) is 0. The zero-order valence-corrected chi connectivity index (χ0v) is 34.9. The smallest absolute Gasteiger partial charge is 0.0702 e. The van der Waals surface area contributed by atoms with Crippen LogP contribution in [0.1, 0.15) is 39.9 Å². The van der Waals surface area contributed by atoms with Crippen molar-refractivity contribution >= 4 is 34.0 Å². The molecule has 0 spiro atoms. The van der Waals surface area contributed by atoms with E-state index < -0.39 is 5.41 Å². The summed E-state index contributed by atoms with van der Waals surface area (Å²) < 4.78 is 2.42. The van der Waals surface area contributed by atoms with Crippen molar-refractivity contribution in [3.63, 3.8) is 0 Å². The van der Waals surface area contributed by atoms with E-state index >= 15 is 0 Å². The predicted molar refractivity (Wildman–Crippen MR) is 262 cm³/mol. The number of fused-ring (bicyclic) bond motifs is 3. The zero-order chi connectivity index (χ0) is 42.0. The maximum Gasteiger partial charge on any atom is 0.0702 e. The number of aromatic nitrogens is 1. The molecular weight excluding hydrogens is 761 g/mol. The Labute approximate surface area is 370 Å². The normalized spacial score (nSPS) is 12.1. The Kier molecular flexibility index (Phi) is 9.85. The van der Waals surface area contributed by atoms with Crippen molar-refractivity contribution in [1.29, 1.82) is 0 Å². The van der Waals surface area contributed by atoms with Gasteiger partial charge in [0.1, 0.15) is 0 Å². The van der Waals surface area contributed by atoms with Crippen LogP contribution >= 0.6 is 0 Å². The molecule has 0 amide bonds. The fourth-order valence-electron chi connectivity index (χ4n) is 9.85. The van der Waals surface area contributed by atoms with Gasteiger partial charge in [-0.25, -0.2) is 0 Å². The van der Waals surface area contributed by atoms with Gasteiger partial charge in [0.25, 0.3) is 0 Å². The second-order valence-corrected chi connectivity index (χ2v) is 16.2. The number of rotatable bonds is 10. The van der Waals surface area contributed by atoms with E-state index in [9.17, 15) is 0 Å². The fourth-order valence-corrected chi connectivity index (χ4v) is 9.85. The van der Waals surface area contributed by atoms with Crippen molar-refractivity contribution in [3.05, 3.63) is 282 Å². The fraction of sp³-hybridized carbons (Fsp3) is 0.0492. The molecule has 0 bridgehead atoms. The van der Waals surface area contributed by atoms with Crippen molar-refractivity contribution in [1.82, 2.24) is 4.57 Å². The first-order valence-corrected chi connectivity index (χ1v) is 21.8. The number of benzene rings is 8. The minimum absolute atomic E-state index is 0.583. The van der Waals surface area contributed by atoms with Crippen LogP contribution in [-0.4, -0.2) is 4.57 Å². The number of hydrogen-bond donors (Lipinski definition) is 0. The lowest BCUT2D eigenvalue weighted by Crippen LogP contribution is -2.31. The lowest BCUT2D eigenvalue weighted by Gasteiger charge is -2.37. The van der Waals surface area contributed by atoms with Gasteiger partial charge in [-0.05, 0) is 112 Å². The van der Waals surface area contributed by atoms with E-state index in [4.69, 9.17) is 0 Å². The SMILES string of the molecule is c1cc(-c2ccc(N(c3ccc(-c4ccccc4)cc3)c3cccc(C(c4ccccc4)(c4ccccc4)c4ccccc4)c3)cc2)c(-n2c3c(c4ccccc42)CCC=C3)cc#1. The maximum atomic E-state index is 3.29. The number of anilines is 3. The van der Waals surface area contributed by atoms with Crippen molar-refractivity contribution in [2.45, 2.75) is 18.3 Å². The van der Waals surface area contributed by atoms with Crippen molar-refractivity contribution in [2.75, 3.05) is 4.90 Å². The molecular formula is C61H44N2. The molecule has 0 saturated carbocycles. The van der Waals surface area contributed by atoms with E-state index in [1.807, 2.05) is 0 Å². The van der Waals surface area contributed by atoms with Crippen molar-refractivity contribution < 1.29 is 0 Å². The summed E-state index contributed by atoms with van der Waals surface area (Å²) in [6.07, 6.45) is 6.69. The van der Waals surface area contributed by atoms with Crippen LogP contribution in [0.2, 0.25) is 0 Å². The highest BCUT2D eigenvalue weighted by Crippen LogP contribution is 2.47. The van der Waals surface area contributed by atoms with Crippen LogP contribution in [0.15, 0.2) is 237 Å². The number of allylic oxidation sites excluding steroid dienone is 1. The first-order chi connectivity index (χ1) is 31.3. The summed E-state index contributed by atoms with van der Waals surface area (Å²) in [6, 6.07) is 90.1. The minimum Gasteiger partial charge on any atom is -0.310 e. The van der Waals surface area contributed by atoms with Crippen molar-refractivity contribution in [2.24, 2.45) is 0 Å². The lowest BCUT2D eigenvalue weighted by molar-refractivity contribution is 0.745. The van der Waals surface area contributed by atoms with Crippen LogP contribution in [0, 0.1) is 12.1 Å². The van der Waals surface area contributed by atoms with E-state index in [1.54, 1.807) is 0 Å². The van der Waals surface area contributed by atoms with Gasteiger partial charge in [0, 0.05) is 39.8 Å². The molecule has 1 aliphatic rings. The van der Waals surface area contributed by atoms with Gasteiger partial charge in [0.2, 0.25) is 0 Å². The average molecular weight is 805 g/mol. The number of nitrogens with zero attached hydrogens (tertiary/aromatic N) is 2. The molecule has 1 aromatic heterocycles. The van der Waals surface area contributed by atoms with Crippen LogP contribution in [0.4, 0.5) is 17.1 Å². The maximum absolute atomic E-state index is 3.29. The van der Waals surface area contributed by atoms with E-state index in [0.717, 1.165) is 46.7 Å². The quantitative estimate of drug-likeness (QED) is 0.125. The molecule has 0 atom stereocenters. The van der Waals surface area contributed by atoms with Gasteiger partial charge in [-0.15, -0.1) is 0 Å². The first kappa shape index (κ1) is 37.8. The van der Waals surface area contributed by atoms with Crippen LogP contribution in [0.5, 0.6) is 0 Å². The highest BCUT2D eigenvalue weighted by Gasteiger charge is 2.38. The third-order valence-electron chi connectivity index (χ3n) is 12.7. The third kappa shape index (κ3) is 6.72. The Hall–Kier alpha value is -8.12. The molecule has 0 aliphatic heterocycles. The van der Waals surface area contributed by atoms with E-state index in [-0.39, 0.29) is 0 Å². The van der Waals surface area contributed by atoms with Crippen LogP contribution in [-0.2, 0) is 11.8 Å². The molecule has 11 rings (SSSR count). The van der Waals surface area contributed by atoms with Crippen LogP contribution < -0.4 is 4.90 Å². The van der Waals surface area contributed by atoms with E-state index in [2.05, 4.69) is 264 Å². The van der Waals surface area contributed by atoms with E-state index in [1.165, 1.54) is 55.5 Å². The Morgan fingerprint density at radius 2 is 0.968 bits per heavy atom. The molecule has 298 valence electrons.